The van der Waals surface area contributed by atoms with Gasteiger partial charge in [-0.2, -0.15) is 0 Å². The van der Waals surface area contributed by atoms with Crippen LogP contribution in [0, 0.1) is 46.3 Å². The Morgan fingerprint density at radius 2 is 1.32 bits per heavy atom. The first-order chi connectivity index (χ1) is 21.3. The summed E-state index contributed by atoms with van der Waals surface area (Å²) in [5, 5.41) is 0. The van der Waals surface area contributed by atoms with Gasteiger partial charge in [-0.1, -0.05) is 20.8 Å². The van der Waals surface area contributed by atoms with E-state index in [1.807, 2.05) is 0 Å². The number of fused-ring (bicyclic) bond motifs is 5. The van der Waals surface area contributed by atoms with Crippen molar-refractivity contribution in [2.24, 2.45) is 69.3 Å². The van der Waals surface area contributed by atoms with Crippen molar-refractivity contribution in [2.45, 2.75) is 123 Å². The summed E-state index contributed by atoms with van der Waals surface area (Å²) < 4.78 is 26.1. The number of hydrogen-bond donors (Lipinski definition) is 4. The van der Waals surface area contributed by atoms with E-state index in [1.165, 1.54) is 25.7 Å². The van der Waals surface area contributed by atoms with Crippen LogP contribution in [0.25, 0.3) is 0 Å². The lowest BCUT2D eigenvalue weighted by Crippen LogP contribution is -2.63. The van der Waals surface area contributed by atoms with Crippen molar-refractivity contribution in [3.8, 4) is 0 Å². The molecule has 0 aromatic carbocycles. The molecule has 4 rings (SSSR count). The Balaban J connectivity index is 1.57. The van der Waals surface area contributed by atoms with Gasteiger partial charge in [-0.15, -0.1) is 0 Å². The Morgan fingerprint density at radius 3 is 2.02 bits per heavy atom. The lowest BCUT2D eigenvalue weighted by Gasteiger charge is -2.65. The van der Waals surface area contributed by atoms with Gasteiger partial charge < -0.3 is 41.9 Å². The molecule has 4 aliphatic rings. The monoisotopic (exact) mass is 623 g/mol. The predicted molar refractivity (Wildman–Crippen MR) is 179 cm³/mol. The number of hydrogen-bond acceptors (Lipinski definition) is 8. The van der Waals surface area contributed by atoms with Crippen LogP contribution >= 0.6 is 0 Å². The highest BCUT2D eigenvalue weighted by molar-refractivity contribution is 5.15. The van der Waals surface area contributed by atoms with Crippen LogP contribution in [0.5, 0.6) is 0 Å². The molecule has 4 aliphatic carbocycles. The molecule has 11 atom stereocenters. The lowest BCUT2D eigenvalue weighted by atomic mass is 9.43. The molecule has 8 heteroatoms. The van der Waals surface area contributed by atoms with Crippen molar-refractivity contribution >= 4 is 0 Å². The maximum atomic E-state index is 6.97. The molecule has 4 fully saturated rings. The first-order valence-electron chi connectivity index (χ1n) is 18.6. The molecular formula is C36H70N4O4. The van der Waals surface area contributed by atoms with E-state index in [9.17, 15) is 0 Å². The van der Waals surface area contributed by atoms with E-state index in [2.05, 4.69) is 20.8 Å². The zero-order chi connectivity index (χ0) is 31.6. The summed E-state index contributed by atoms with van der Waals surface area (Å²) >= 11 is 0. The maximum absolute atomic E-state index is 6.97. The Morgan fingerprint density at radius 1 is 0.682 bits per heavy atom. The zero-order valence-electron chi connectivity index (χ0n) is 28.7. The lowest BCUT2D eigenvalue weighted by molar-refractivity contribution is -0.227. The van der Waals surface area contributed by atoms with E-state index in [4.69, 9.17) is 41.9 Å². The third kappa shape index (κ3) is 8.21. The highest BCUT2D eigenvalue weighted by atomic mass is 16.5. The van der Waals surface area contributed by atoms with Crippen LogP contribution in [0.1, 0.15) is 104 Å². The van der Waals surface area contributed by atoms with Crippen LogP contribution in [0.4, 0.5) is 0 Å². The van der Waals surface area contributed by atoms with E-state index in [1.54, 1.807) is 0 Å². The second-order valence-corrected chi connectivity index (χ2v) is 15.4. The topological polar surface area (TPSA) is 141 Å². The summed E-state index contributed by atoms with van der Waals surface area (Å²) in [4.78, 5) is 0. The molecule has 8 N–H and O–H groups in total. The molecule has 258 valence electrons. The van der Waals surface area contributed by atoms with E-state index >= 15 is 0 Å². The Labute approximate surface area is 269 Å². The molecule has 0 bridgehead atoms. The smallest absolute Gasteiger partial charge is 0.0637 e. The van der Waals surface area contributed by atoms with Gasteiger partial charge in [-0.05, 0) is 151 Å². The Kier molecular flexibility index (Phi) is 14.7. The van der Waals surface area contributed by atoms with Crippen LogP contribution in [-0.2, 0) is 18.9 Å². The second-order valence-electron chi connectivity index (χ2n) is 15.4. The molecular weight excluding hydrogens is 552 g/mol. The Bertz CT molecular complexity index is 821. The number of rotatable bonds is 20. The van der Waals surface area contributed by atoms with Crippen LogP contribution in [0.2, 0.25) is 0 Å². The predicted octanol–water partition coefficient (Wildman–Crippen LogP) is 4.85. The first kappa shape index (κ1) is 36.5. The summed E-state index contributed by atoms with van der Waals surface area (Å²) in [6, 6.07) is 0. The standard InChI is InChI=1S/C36H70N4O4/c1-26(9-4-18-41-19-5-14-37)29-10-11-30-34-31(25-33(36(29,30)3)44-22-8-17-40)35(2)13-12-28(42-20-6-15-38)23-27(35)24-32(34)43-21-7-16-39/h26-34H,4-25,37-40H2,1-3H3/t26-,27+,28-,29-,30+,31+,32-,33+,34+,35+,36-/m1/s1. The van der Waals surface area contributed by atoms with Gasteiger partial charge in [-0.25, -0.2) is 0 Å². The van der Waals surface area contributed by atoms with Crippen molar-refractivity contribution in [1.82, 2.24) is 0 Å². The average Bonchev–Trinajstić information content (AvgIpc) is 3.38. The first-order valence-corrected chi connectivity index (χ1v) is 18.6. The summed E-state index contributed by atoms with van der Waals surface area (Å²) in [5.74, 6) is 3.73. The average molecular weight is 623 g/mol. The van der Waals surface area contributed by atoms with Crippen LogP contribution in [0.15, 0.2) is 0 Å². The second kappa shape index (κ2) is 17.7. The normalized spacial score (nSPS) is 39.1. The quantitative estimate of drug-likeness (QED) is 0.141. The van der Waals surface area contributed by atoms with Gasteiger partial charge in [0, 0.05) is 38.4 Å². The number of nitrogens with two attached hydrogens (primary N) is 4. The van der Waals surface area contributed by atoms with Gasteiger partial charge in [0.1, 0.15) is 0 Å². The third-order valence-electron chi connectivity index (χ3n) is 12.9. The van der Waals surface area contributed by atoms with Crippen LogP contribution in [-0.4, -0.2) is 77.5 Å². The molecule has 8 nitrogen and oxygen atoms in total. The zero-order valence-corrected chi connectivity index (χ0v) is 28.7. The minimum atomic E-state index is 0.150. The molecule has 0 saturated heterocycles. The summed E-state index contributed by atoms with van der Waals surface area (Å²) in [6.45, 7) is 14.4. The van der Waals surface area contributed by atoms with Crippen LogP contribution in [0.3, 0.4) is 0 Å². The molecule has 44 heavy (non-hydrogen) atoms. The Hall–Kier alpha value is -0.320. The minimum Gasteiger partial charge on any atom is -0.381 e. The molecule has 4 saturated carbocycles. The van der Waals surface area contributed by atoms with Crippen molar-refractivity contribution in [3.63, 3.8) is 0 Å². The molecule has 0 amide bonds. The summed E-state index contributed by atoms with van der Waals surface area (Å²) in [5.41, 5.74) is 23.8. The SMILES string of the molecule is C[C@H](CCCOCCCN)[C@H]1CC[C@H]2[C@@H]3[C@H](OCCCN)C[C@@H]4C[C@H](OCCCN)CC[C@]4(C)[C@H]3C[C@H](OCCCN)[C@]12C. The summed E-state index contributed by atoms with van der Waals surface area (Å²) in [6.07, 6.45) is 15.4. The van der Waals surface area contributed by atoms with Gasteiger partial charge in [-0.3, -0.25) is 0 Å². The van der Waals surface area contributed by atoms with Crippen molar-refractivity contribution in [2.75, 3.05) is 59.2 Å². The molecule has 0 aromatic heterocycles. The molecule has 0 unspecified atom stereocenters. The fourth-order valence-corrected chi connectivity index (χ4v) is 10.6. The maximum Gasteiger partial charge on any atom is 0.0637 e. The van der Waals surface area contributed by atoms with E-state index in [0.29, 0.717) is 79.3 Å². The minimum absolute atomic E-state index is 0.150. The van der Waals surface area contributed by atoms with Gasteiger partial charge >= 0.3 is 0 Å². The van der Waals surface area contributed by atoms with Crippen molar-refractivity contribution < 1.29 is 18.9 Å². The van der Waals surface area contributed by atoms with Gasteiger partial charge in [0.15, 0.2) is 0 Å². The third-order valence-corrected chi connectivity index (χ3v) is 12.9. The molecule has 0 radical (unpaired) electrons. The fourth-order valence-electron chi connectivity index (χ4n) is 10.6. The molecule has 0 aliphatic heterocycles. The highest BCUT2D eigenvalue weighted by Crippen LogP contribution is 2.69. The van der Waals surface area contributed by atoms with Gasteiger partial charge in [0.2, 0.25) is 0 Å². The van der Waals surface area contributed by atoms with E-state index < -0.39 is 0 Å². The summed E-state index contributed by atoms with van der Waals surface area (Å²) in [7, 11) is 0. The van der Waals surface area contributed by atoms with Crippen molar-refractivity contribution in [1.29, 1.82) is 0 Å². The van der Waals surface area contributed by atoms with E-state index in [-0.39, 0.29) is 11.5 Å². The van der Waals surface area contributed by atoms with Gasteiger partial charge in [0.05, 0.1) is 18.3 Å². The molecule has 0 heterocycles. The molecule has 0 spiro atoms. The highest BCUT2D eigenvalue weighted by Gasteiger charge is 2.66. The van der Waals surface area contributed by atoms with Gasteiger partial charge in [0.25, 0.3) is 0 Å². The van der Waals surface area contributed by atoms with Crippen LogP contribution < -0.4 is 22.9 Å². The molecule has 0 aromatic rings. The largest absolute Gasteiger partial charge is 0.381 e. The van der Waals surface area contributed by atoms with E-state index in [0.717, 1.165) is 90.8 Å². The number of ether oxygens (including phenoxy) is 4. The van der Waals surface area contributed by atoms with Crippen molar-refractivity contribution in [3.05, 3.63) is 0 Å². The fraction of sp³-hybridized carbons (Fsp3) is 1.00.